The first-order valence-corrected chi connectivity index (χ1v) is 9.66. The molecule has 2 rings (SSSR count). The number of hydrogen-bond acceptors (Lipinski definition) is 8. The zero-order chi connectivity index (χ0) is 17.0. The average Bonchev–Trinajstić information content (AvgIpc) is 2.56. The summed E-state index contributed by atoms with van der Waals surface area (Å²) in [5.74, 6) is 0. The van der Waals surface area contributed by atoms with Crippen molar-refractivity contribution in [3.8, 4) is 0 Å². The summed E-state index contributed by atoms with van der Waals surface area (Å²) in [6, 6.07) is 0. The Labute approximate surface area is 154 Å². The quantitative estimate of drug-likeness (QED) is 0.247. The summed E-state index contributed by atoms with van der Waals surface area (Å²) in [5, 5.41) is 26.9. The van der Waals surface area contributed by atoms with Crippen LogP contribution in [0.2, 0.25) is 0 Å². The molecule has 0 amide bonds. The highest BCUT2D eigenvalue weighted by atomic mass is 15.0. The van der Waals surface area contributed by atoms with Gasteiger partial charge in [0.05, 0.1) is 0 Å². The van der Waals surface area contributed by atoms with E-state index in [2.05, 4.69) is 42.5 Å². The third-order valence-corrected chi connectivity index (χ3v) is 3.83. The van der Waals surface area contributed by atoms with E-state index in [1.807, 2.05) is 0 Å². The highest BCUT2D eigenvalue weighted by Gasteiger charge is 1.93. The number of nitrogens with one attached hydrogen (secondary N) is 8. The van der Waals surface area contributed by atoms with Crippen LogP contribution >= 0.6 is 0 Å². The van der Waals surface area contributed by atoms with Crippen molar-refractivity contribution < 1.29 is 5.71 Å². The van der Waals surface area contributed by atoms with Crippen LogP contribution in [0.1, 0.15) is 5.71 Å². The van der Waals surface area contributed by atoms with E-state index in [1.165, 1.54) is 0 Å². The average molecular weight is 353 g/mol. The summed E-state index contributed by atoms with van der Waals surface area (Å²) in [6.45, 7) is 17.1. The van der Waals surface area contributed by atoms with E-state index in [-0.39, 0.29) is 5.71 Å². The molecule has 0 unspecified atom stereocenters. The van der Waals surface area contributed by atoms with E-state index in [0.717, 1.165) is 105 Å². The fourth-order valence-electron chi connectivity index (χ4n) is 2.41. The minimum Gasteiger partial charge on any atom is -0.314 e. The molecule has 2 saturated heterocycles. The number of hydrogen-bond donors (Lipinski definition) is 8. The smallest absolute Gasteiger partial charge is 0.00772 e. The van der Waals surface area contributed by atoms with Crippen molar-refractivity contribution in [3.05, 3.63) is 0 Å². The van der Waals surface area contributed by atoms with Crippen LogP contribution < -0.4 is 42.5 Å². The maximum Gasteiger partial charge on any atom is 0.00772 e. The standard InChI is InChI=1S/2C8H20N4.4H2/c2*1-2-10-5-6-12-8-7-11-4-3-9-1;;;;/h2*9-12H,1-8H2;4*1H. The van der Waals surface area contributed by atoms with Crippen molar-refractivity contribution in [1.82, 2.24) is 42.5 Å². The summed E-state index contributed by atoms with van der Waals surface area (Å²) in [6.07, 6.45) is 0. The molecule has 0 spiro atoms. The van der Waals surface area contributed by atoms with E-state index in [0.29, 0.717) is 0 Å². The van der Waals surface area contributed by atoms with Crippen LogP contribution in [0.3, 0.4) is 0 Å². The largest absolute Gasteiger partial charge is 0.314 e. The summed E-state index contributed by atoms with van der Waals surface area (Å²) < 4.78 is 0. The van der Waals surface area contributed by atoms with Gasteiger partial charge in [-0.25, -0.2) is 0 Å². The molecular formula is C16H48N8. The Kier molecular flexibility index (Phi) is 17.2. The van der Waals surface area contributed by atoms with Crippen LogP contribution in [0.25, 0.3) is 0 Å². The zero-order valence-corrected chi connectivity index (χ0v) is 15.3. The molecule has 152 valence electrons. The van der Waals surface area contributed by atoms with E-state index in [1.54, 1.807) is 0 Å². The number of rotatable bonds is 0. The second-order valence-corrected chi connectivity index (χ2v) is 6.00. The molecule has 0 saturated carbocycles. The van der Waals surface area contributed by atoms with Crippen LogP contribution in [0.5, 0.6) is 0 Å². The van der Waals surface area contributed by atoms with Gasteiger partial charge in [0.15, 0.2) is 0 Å². The van der Waals surface area contributed by atoms with E-state index >= 15 is 0 Å². The Balaban J connectivity index is -0.000000180. The summed E-state index contributed by atoms with van der Waals surface area (Å²) in [5.41, 5.74) is 0. The lowest BCUT2D eigenvalue weighted by molar-refractivity contribution is 0.534. The fraction of sp³-hybridized carbons (Fsp3) is 1.00. The molecule has 0 aromatic rings. The lowest BCUT2D eigenvalue weighted by Gasteiger charge is -2.11. The first-order valence-electron chi connectivity index (χ1n) is 9.66. The monoisotopic (exact) mass is 352 g/mol. The first kappa shape index (κ1) is 21.7. The van der Waals surface area contributed by atoms with Crippen molar-refractivity contribution in [2.24, 2.45) is 0 Å². The molecule has 0 aromatic carbocycles. The highest BCUT2D eigenvalue weighted by Crippen LogP contribution is 1.67. The topological polar surface area (TPSA) is 96.2 Å². The fourth-order valence-corrected chi connectivity index (χ4v) is 2.41. The minimum absolute atomic E-state index is 0. The molecule has 0 radical (unpaired) electrons. The molecule has 2 aliphatic rings. The molecule has 0 atom stereocenters. The van der Waals surface area contributed by atoms with Gasteiger partial charge >= 0.3 is 0 Å². The van der Waals surface area contributed by atoms with E-state index in [9.17, 15) is 0 Å². The van der Waals surface area contributed by atoms with Gasteiger partial charge in [0.1, 0.15) is 0 Å². The normalized spacial score (nSPS) is 24.0. The first-order chi connectivity index (χ1) is 12.0. The van der Waals surface area contributed by atoms with E-state index < -0.39 is 0 Å². The lowest BCUT2D eigenvalue weighted by Crippen LogP contribution is -2.39. The van der Waals surface area contributed by atoms with Gasteiger partial charge in [0.2, 0.25) is 0 Å². The van der Waals surface area contributed by atoms with Crippen LogP contribution in [-0.4, -0.2) is 105 Å². The predicted molar refractivity (Wildman–Crippen MR) is 111 cm³/mol. The van der Waals surface area contributed by atoms with Crippen molar-refractivity contribution in [2.45, 2.75) is 0 Å². The van der Waals surface area contributed by atoms with Gasteiger partial charge in [0.25, 0.3) is 0 Å². The van der Waals surface area contributed by atoms with Gasteiger partial charge in [-0.05, 0) is 0 Å². The van der Waals surface area contributed by atoms with Gasteiger partial charge < -0.3 is 42.5 Å². The van der Waals surface area contributed by atoms with Crippen LogP contribution in [0.15, 0.2) is 0 Å². The summed E-state index contributed by atoms with van der Waals surface area (Å²) in [7, 11) is 0. The Morgan fingerprint density at radius 2 is 0.292 bits per heavy atom. The molecular weight excluding hydrogens is 304 g/mol. The van der Waals surface area contributed by atoms with Crippen molar-refractivity contribution >= 4 is 0 Å². The summed E-state index contributed by atoms with van der Waals surface area (Å²) >= 11 is 0. The molecule has 0 bridgehead atoms. The molecule has 8 nitrogen and oxygen atoms in total. The SMILES string of the molecule is C1CNCCNCCNCCN1.C1CNCCNCCNCCN1.[HH].[HH].[HH].[HH]. The maximum absolute atomic E-state index is 3.36. The van der Waals surface area contributed by atoms with Crippen LogP contribution in [0.4, 0.5) is 0 Å². The van der Waals surface area contributed by atoms with Crippen molar-refractivity contribution in [2.75, 3.05) is 105 Å². The Morgan fingerprint density at radius 3 is 0.375 bits per heavy atom. The van der Waals surface area contributed by atoms with Gasteiger partial charge in [-0.2, -0.15) is 0 Å². The third kappa shape index (κ3) is 16.5. The van der Waals surface area contributed by atoms with Gasteiger partial charge in [-0.15, -0.1) is 0 Å². The second kappa shape index (κ2) is 19.0. The zero-order valence-electron chi connectivity index (χ0n) is 15.3. The molecule has 2 aliphatic heterocycles. The van der Waals surface area contributed by atoms with Crippen molar-refractivity contribution in [1.29, 1.82) is 0 Å². The summed E-state index contributed by atoms with van der Waals surface area (Å²) in [4.78, 5) is 0. The molecule has 24 heavy (non-hydrogen) atoms. The molecule has 8 N–H and O–H groups in total. The highest BCUT2D eigenvalue weighted by molar-refractivity contribution is 4.60. The molecule has 2 heterocycles. The van der Waals surface area contributed by atoms with Gasteiger partial charge in [-0.3, -0.25) is 0 Å². The molecule has 0 aliphatic carbocycles. The third-order valence-electron chi connectivity index (χ3n) is 3.83. The molecule has 0 aromatic heterocycles. The lowest BCUT2D eigenvalue weighted by atomic mass is 10.4. The second-order valence-electron chi connectivity index (χ2n) is 6.00. The van der Waals surface area contributed by atoms with Crippen LogP contribution in [0, 0.1) is 0 Å². The molecule has 8 heteroatoms. The predicted octanol–water partition coefficient (Wildman–Crippen LogP) is -2.30. The van der Waals surface area contributed by atoms with Gasteiger partial charge in [0, 0.05) is 110 Å². The Bertz CT molecular complexity index is 149. The Hall–Kier alpha value is -0.320. The minimum atomic E-state index is 0. The molecule has 2 fully saturated rings. The Morgan fingerprint density at radius 1 is 0.208 bits per heavy atom. The van der Waals surface area contributed by atoms with E-state index in [4.69, 9.17) is 0 Å². The maximum atomic E-state index is 3.36. The van der Waals surface area contributed by atoms with Crippen molar-refractivity contribution in [3.63, 3.8) is 0 Å². The van der Waals surface area contributed by atoms with Crippen LogP contribution in [-0.2, 0) is 0 Å². The van der Waals surface area contributed by atoms with Gasteiger partial charge in [-0.1, -0.05) is 0 Å².